The Labute approximate surface area is 102 Å². The van der Waals surface area contributed by atoms with Gasteiger partial charge in [-0.05, 0) is 25.8 Å². The van der Waals surface area contributed by atoms with E-state index in [4.69, 9.17) is 4.42 Å². The van der Waals surface area contributed by atoms with Crippen molar-refractivity contribution in [2.24, 2.45) is 0 Å². The van der Waals surface area contributed by atoms with E-state index < -0.39 is 0 Å². The molecule has 1 atom stereocenters. The SMILES string of the molecule is CC1(c2nnc(C3CCNC3)o2)CCCCC1. The highest BCUT2D eigenvalue weighted by Gasteiger charge is 2.35. The highest BCUT2D eigenvalue weighted by Crippen LogP contribution is 2.38. The van der Waals surface area contributed by atoms with Gasteiger partial charge < -0.3 is 9.73 Å². The smallest absolute Gasteiger partial charge is 0.222 e. The Balaban J connectivity index is 1.78. The highest BCUT2D eigenvalue weighted by molar-refractivity contribution is 5.05. The van der Waals surface area contributed by atoms with Crippen LogP contribution in [0, 0.1) is 0 Å². The molecule has 0 amide bonds. The summed E-state index contributed by atoms with van der Waals surface area (Å²) in [5.74, 6) is 2.15. The summed E-state index contributed by atoms with van der Waals surface area (Å²) < 4.78 is 5.95. The first kappa shape index (κ1) is 11.2. The number of hydrogen-bond donors (Lipinski definition) is 1. The Kier molecular flexibility index (Phi) is 2.90. The molecule has 1 aromatic heterocycles. The predicted octanol–water partition coefficient (Wildman–Crippen LogP) is 2.37. The van der Waals surface area contributed by atoms with Gasteiger partial charge in [-0.3, -0.25) is 0 Å². The van der Waals surface area contributed by atoms with Gasteiger partial charge in [-0.2, -0.15) is 0 Å². The van der Waals surface area contributed by atoms with E-state index in [2.05, 4.69) is 22.4 Å². The summed E-state index contributed by atoms with van der Waals surface area (Å²) >= 11 is 0. The summed E-state index contributed by atoms with van der Waals surface area (Å²) in [5.41, 5.74) is 0.134. The first-order valence-electron chi connectivity index (χ1n) is 6.82. The van der Waals surface area contributed by atoms with E-state index in [0.29, 0.717) is 5.92 Å². The van der Waals surface area contributed by atoms with Crippen molar-refractivity contribution >= 4 is 0 Å². The maximum absolute atomic E-state index is 5.95. The summed E-state index contributed by atoms with van der Waals surface area (Å²) in [6.45, 7) is 4.33. The van der Waals surface area contributed by atoms with E-state index in [1.54, 1.807) is 0 Å². The molecule has 4 nitrogen and oxygen atoms in total. The molecule has 0 aromatic carbocycles. The summed E-state index contributed by atoms with van der Waals surface area (Å²) in [6.07, 6.45) is 7.44. The summed E-state index contributed by atoms with van der Waals surface area (Å²) in [7, 11) is 0. The molecule has 17 heavy (non-hydrogen) atoms. The maximum Gasteiger partial charge on any atom is 0.222 e. The highest BCUT2D eigenvalue weighted by atomic mass is 16.4. The largest absolute Gasteiger partial charge is 0.424 e. The first-order chi connectivity index (χ1) is 8.28. The average molecular weight is 235 g/mol. The third-order valence-corrected chi connectivity index (χ3v) is 4.32. The van der Waals surface area contributed by atoms with Gasteiger partial charge in [0.05, 0.1) is 5.92 Å². The van der Waals surface area contributed by atoms with Crippen molar-refractivity contribution in [3.63, 3.8) is 0 Å². The van der Waals surface area contributed by atoms with Crippen LogP contribution in [0.15, 0.2) is 4.42 Å². The molecule has 94 valence electrons. The molecule has 2 heterocycles. The summed E-state index contributed by atoms with van der Waals surface area (Å²) in [6, 6.07) is 0. The van der Waals surface area contributed by atoms with Crippen LogP contribution in [-0.2, 0) is 5.41 Å². The van der Waals surface area contributed by atoms with E-state index >= 15 is 0 Å². The van der Waals surface area contributed by atoms with Crippen molar-refractivity contribution in [2.45, 2.75) is 56.8 Å². The van der Waals surface area contributed by atoms with Crippen LogP contribution < -0.4 is 5.32 Å². The quantitative estimate of drug-likeness (QED) is 0.855. The van der Waals surface area contributed by atoms with Crippen LogP contribution in [0.4, 0.5) is 0 Å². The summed E-state index contributed by atoms with van der Waals surface area (Å²) in [4.78, 5) is 0. The van der Waals surface area contributed by atoms with Gasteiger partial charge in [0.15, 0.2) is 0 Å². The Bertz CT molecular complexity index is 376. The zero-order valence-electron chi connectivity index (χ0n) is 10.5. The molecule has 0 radical (unpaired) electrons. The number of nitrogens with zero attached hydrogens (tertiary/aromatic N) is 2. The molecule has 1 aliphatic carbocycles. The van der Waals surface area contributed by atoms with Gasteiger partial charge in [0.25, 0.3) is 0 Å². The molecule has 0 spiro atoms. The van der Waals surface area contributed by atoms with Gasteiger partial charge in [-0.25, -0.2) is 0 Å². The van der Waals surface area contributed by atoms with Crippen molar-refractivity contribution in [1.82, 2.24) is 15.5 Å². The van der Waals surface area contributed by atoms with Gasteiger partial charge in [-0.1, -0.05) is 26.2 Å². The molecule has 0 bridgehead atoms. The van der Waals surface area contributed by atoms with Crippen molar-refractivity contribution in [3.05, 3.63) is 11.8 Å². The summed E-state index contributed by atoms with van der Waals surface area (Å²) in [5, 5.41) is 11.9. The number of nitrogens with one attached hydrogen (secondary N) is 1. The second kappa shape index (κ2) is 4.41. The predicted molar refractivity (Wildman–Crippen MR) is 65.0 cm³/mol. The number of rotatable bonds is 2. The molecule has 1 N–H and O–H groups in total. The van der Waals surface area contributed by atoms with E-state index in [0.717, 1.165) is 31.3 Å². The minimum absolute atomic E-state index is 0.134. The third-order valence-electron chi connectivity index (χ3n) is 4.32. The zero-order chi connectivity index (χ0) is 11.7. The van der Waals surface area contributed by atoms with Crippen LogP contribution in [0.25, 0.3) is 0 Å². The fraction of sp³-hybridized carbons (Fsp3) is 0.846. The van der Waals surface area contributed by atoms with Crippen molar-refractivity contribution in [3.8, 4) is 0 Å². The molecule has 4 heteroatoms. The Hall–Kier alpha value is -0.900. The topological polar surface area (TPSA) is 51.0 Å². The van der Waals surface area contributed by atoms with Gasteiger partial charge in [0.1, 0.15) is 0 Å². The lowest BCUT2D eigenvalue weighted by atomic mass is 9.76. The molecule has 1 saturated heterocycles. The van der Waals surface area contributed by atoms with Crippen molar-refractivity contribution in [1.29, 1.82) is 0 Å². The van der Waals surface area contributed by atoms with Gasteiger partial charge in [-0.15, -0.1) is 10.2 Å². The molecule has 2 fully saturated rings. The van der Waals surface area contributed by atoms with Crippen LogP contribution in [0.5, 0.6) is 0 Å². The van der Waals surface area contributed by atoms with Crippen LogP contribution >= 0.6 is 0 Å². The van der Waals surface area contributed by atoms with E-state index in [1.807, 2.05) is 0 Å². The minimum atomic E-state index is 0.134. The lowest BCUT2D eigenvalue weighted by Gasteiger charge is -2.29. The van der Waals surface area contributed by atoms with E-state index in [-0.39, 0.29) is 5.41 Å². The van der Waals surface area contributed by atoms with Crippen LogP contribution in [0.3, 0.4) is 0 Å². The normalized spacial score (nSPS) is 28.4. The van der Waals surface area contributed by atoms with Gasteiger partial charge in [0, 0.05) is 12.0 Å². The molecule has 2 aliphatic rings. The lowest BCUT2D eigenvalue weighted by Crippen LogP contribution is -2.25. The lowest BCUT2D eigenvalue weighted by molar-refractivity contribution is 0.249. The molecule has 3 rings (SSSR count). The average Bonchev–Trinajstić information content (AvgIpc) is 3.01. The van der Waals surface area contributed by atoms with E-state index in [9.17, 15) is 0 Å². The number of aromatic nitrogens is 2. The van der Waals surface area contributed by atoms with Crippen molar-refractivity contribution < 1.29 is 4.42 Å². The van der Waals surface area contributed by atoms with Crippen molar-refractivity contribution in [2.75, 3.05) is 13.1 Å². The first-order valence-corrected chi connectivity index (χ1v) is 6.82. The minimum Gasteiger partial charge on any atom is -0.424 e. The molecule has 1 aliphatic heterocycles. The molecular formula is C13H21N3O. The van der Waals surface area contributed by atoms with Crippen LogP contribution in [0.1, 0.15) is 63.1 Å². The fourth-order valence-corrected chi connectivity index (χ4v) is 3.05. The van der Waals surface area contributed by atoms with Gasteiger partial charge >= 0.3 is 0 Å². The Morgan fingerprint density at radius 2 is 2.06 bits per heavy atom. The zero-order valence-corrected chi connectivity index (χ0v) is 10.5. The molecular weight excluding hydrogens is 214 g/mol. The Morgan fingerprint density at radius 1 is 1.24 bits per heavy atom. The second-order valence-electron chi connectivity index (χ2n) is 5.76. The fourth-order valence-electron chi connectivity index (χ4n) is 3.05. The van der Waals surface area contributed by atoms with Gasteiger partial charge in [0.2, 0.25) is 11.8 Å². The second-order valence-corrected chi connectivity index (χ2v) is 5.76. The maximum atomic E-state index is 5.95. The van der Waals surface area contributed by atoms with Crippen LogP contribution in [0.2, 0.25) is 0 Å². The third kappa shape index (κ3) is 2.10. The number of hydrogen-bond acceptors (Lipinski definition) is 4. The van der Waals surface area contributed by atoms with E-state index in [1.165, 1.54) is 32.1 Å². The standard InChI is InChI=1S/C13H21N3O/c1-13(6-3-2-4-7-13)12-16-15-11(17-12)10-5-8-14-9-10/h10,14H,2-9H2,1H3. The molecule has 1 unspecified atom stereocenters. The Morgan fingerprint density at radius 3 is 2.76 bits per heavy atom. The van der Waals surface area contributed by atoms with Crippen LogP contribution in [-0.4, -0.2) is 23.3 Å². The molecule has 1 aromatic rings. The monoisotopic (exact) mass is 235 g/mol. The molecule has 1 saturated carbocycles.